The molecule has 90 valence electrons. The van der Waals surface area contributed by atoms with Gasteiger partial charge in [-0.15, -0.1) is 0 Å². The van der Waals surface area contributed by atoms with Gasteiger partial charge in [-0.05, 0) is 37.1 Å². The van der Waals surface area contributed by atoms with Crippen molar-refractivity contribution in [3.05, 3.63) is 0 Å². The minimum Gasteiger partial charge on any atom is -0.330 e. The Labute approximate surface area is 95.0 Å². The van der Waals surface area contributed by atoms with Crippen LogP contribution in [0.15, 0.2) is 0 Å². The van der Waals surface area contributed by atoms with Gasteiger partial charge in [0.25, 0.3) is 0 Å². The predicted molar refractivity (Wildman–Crippen MR) is 66.9 cm³/mol. The summed E-state index contributed by atoms with van der Waals surface area (Å²) in [5, 5.41) is 3.69. The van der Waals surface area contributed by atoms with Gasteiger partial charge in [-0.2, -0.15) is 0 Å². The molecule has 1 aliphatic rings. The minimum atomic E-state index is 0.248. The van der Waals surface area contributed by atoms with Crippen LogP contribution in [-0.4, -0.2) is 19.1 Å². The number of nitrogens with one attached hydrogen (secondary N) is 1. The Morgan fingerprint density at radius 1 is 1.20 bits per heavy atom. The van der Waals surface area contributed by atoms with Gasteiger partial charge in [0.15, 0.2) is 0 Å². The first-order valence-electron chi connectivity index (χ1n) is 6.47. The van der Waals surface area contributed by atoms with Crippen molar-refractivity contribution in [2.24, 2.45) is 17.1 Å². The van der Waals surface area contributed by atoms with Crippen molar-refractivity contribution in [1.29, 1.82) is 0 Å². The van der Waals surface area contributed by atoms with E-state index in [0.717, 1.165) is 25.0 Å². The van der Waals surface area contributed by atoms with E-state index in [9.17, 15) is 0 Å². The van der Waals surface area contributed by atoms with Crippen LogP contribution < -0.4 is 11.1 Å². The maximum absolute atomic E-state index is 5.73. The van der Waals surface area contributed by atoms with Gasteiger partial charge in [0.1, 0.15) is 0 Å². The van der Waals surface area contributed by atoms with Crippen LogP contribution in [0.4, 0.5) is 0 Å². The second-order valence-corrected chi connectivity index (χ2v) is 6.06. The highest BCUT2D eigenvalue weighted by Crippen LogP contribution is 2.23. The van der Waals surface area contributed by atoms with Crippen LogP contribution in [0.3, 0.4) is 0 Å². The summed E-state index contributed by atoms with van der Waals surface area (Å²) in [5.74, 6) is 0.930. The molecule has 0 aromatic carbocycles. The summed E-state index contributed by atoms with van der Waals surface area (Å²) >= 11 is 0. The van der Waals surface area contributed by atoms with Gasteiger partial charge in [0.2, 0.25) is 0 Å². The maximum Gasteiger partial charge on any atom is 0.00674 e. The van der Waals surface area contributed by atoms with Gasteiger partial charge in [-0.1, -0.05) is 33.6 Å². The normalized spacial score (nSPS) is 28.8. The topological polar surface area (TPSA) is 38.0 Å². The lowest BCUT2D eigenvalue weighted by Crippen LogP contribution is -2.40. The zero-order valence-electron chi connectivity index (χ0n) is 10.7. The Balaban J connectivity index is 2.26. The lowest BCUT2D eigenvalue weighted by atomic mass is 9.93. The first-order valence-corrected chi connectivity index (χ1v) is 6.47. The Morgan fingerprint density at radius 3 is 2.60 bits per heavy atom. The van der Waals surface area contributed by atoms with E-state index in [4.69, 9.17) is 5.73 Å². The molecule has 0 aliphatic heterocycles. The number of hydrogen-bond acceptors (Lipinski definition) is 2. The van der Waals surface area contributed by atoms with Gasteiger partial charge in [-0.3, -0.25) is 0 Å². The number of rotatable bonds is 4. The fraction of sp³-hybridized carbons (Fsp3) is 1.00. The Morgan fingerprint density at radius 2 is 1.93 bits per heavy atom. The molecular weight excluding hydrogens is 184 g/mol. The summed E-state index contributed by atoms with van der Waals surface area (Å²) < 4.78 is 0. The largest absolute Gasteiger partial charge is 0.330 e. The number of hydrogen-bond donors (Lipinski definition) is 2. The Hall–Kier alpha value is -0.0800. The molecule has 1 aliphatic carbocycles. The van der Waals surface area contributed by atoms with E-state index in [-0.39, 0.29) is 5.41 Å². The molecule has 1 fully saturated rings. The second kappa shape index (κ2) is 5.86. The van der Waals surface area contributed by atoms with E-state index in [0.29, 0.717) is 0 Å². The molecule has 3 N–H and O–H groups in total. The molecule has 0 bridgehead atoms. The Kier molecular flexibility index (Phi) is 5.07. The maximum atomic E-state index is 5.73. The van der Waals surface area contributed by atoms with Gasteiger partial charge < -0.3 is 11.1 Å². The van der Waals surface area contributed by atoms with Crippen LogP contribution in [0.2, 0.25) is 0 Å². The van der Waals surface area contributed by atoms with E-state index >= 15 is 0 Å². The lowest BCUT2D eigenvalue weighted by Gasteiger charge is -2.26. The van der Waals surface area contributed by atoms with Crippen molar-refractivity contribution in [3.63, 3.8) is 0 Å². The van der Waals surface area contributed by atoms with Gasteiger partial charge >= 0.3 is 0 Å². The SMILES string of the molecule is CC1CCCC(NCC(C)(C)CN)CC1. The quantitative estimate of drug-likeness (QED) is 0.703. The average molecular weight is 212 g/mol. The molecule has 0 radical (unpaired) electrons. The minimum absolute atomic E-state index is 0.248. The molecule has 2 heteroatoms. The molecule has 0 aromatic heterocycles. The van der Waals surface area contributed by atoms with E-state index < -0.39 is 0 Å². The molecule has 1 rings (SSSR count). The summed E-state index contributed by atoms with van der Waals surface area (Å²) in [7, 11) is 0. The first-order chi connectivity index (χ1) is 7.03. The van der Waals surface area contributed by atoms with Crippen LogP contribution in [0.1, 0.15) is 52.9 Å². The first kappa shape index (κ1) is 13.0. The van der Waals surface area contributed by atoms with Crippen LogP contribution in [0, 0.1) is 11.3 Å². The summed E-state index contributed by atoms with van der Waals surface area (Å²) in [6.45, 7) is 8.68. The van der Waals surface area contributed by atoms with Crippen LogP contribution in [0.5, 0.6) is 0 Å². The molecule has 2 unspecified atom stereocenters. The molecule has 0 amide bonds. The van der Waals surface area contributed by atoms with Crippen molar-refractivity contribution in [2.45, 2.75) is 58.9 Å². The van der Waals surface area contributed by atoms with E-state index in [1.165, 1.54) is 32.1 Å². The third-order valence-electron chi connectivity index (χ3n) is 3.68. The van der Waals surface area contributed by atoms with Crippen molar-refractivity contribution >= 4 is 0 Å². The third kappa shape index (κ3) is 4.98. The van der Waals surface area contributed by atoms with Crippen LogP contribution >= 0.6 is 0 Å². The lowest BCUT2D eigenvalue weighted by molar-refractivity contribution is 0.316. The van der Waals surface area contributed by atoms with Crippen molar-refractivity contribution in [1.82, 2.24) is 5.32 Å². The van der Waals surface area contributed by atoms with Gasteiger partial charge in [-0.25, -0.2) is 0 Å². The van der Waals surface area contributed by atoms with E-state index in [1.54, 1.807) is 0 Å². The highest BCUT2D eigenvalue weighted by molar-refractivity contribution is 4.78. The molecule has 1 saturated carbocycles. The smallest absolute Gasteiger partial charge is 0.00674 e. The van der Waals surface area contributed by atoms with Gasteiger partial charge in [0.05, 0.1) is 0 Å². The average Bonchev–Trinajstić information content (AvgIpc) is 2.40. The second-order valence-electron chi connectivity index (χ2n) is 6.06. The standard InChI is InChI=1S/C13H28N2/c1-11-5-4-6-12(8-7-11)15-10-13(2,3)9-14/h11-12,15H,4-10,14H2,1-3H3. The molecule has 0 heterocycles. The molecule has 2 atom stereocenters. The third-order valence-corrected chi connectivity index (χ3v) is 3.68. The predicted octanol–water partition coefficient (Wildman–Crippen LogP) is 2.53. The monoisotopic (exact) mass is 212 g/mol. The van der Waals surface area contributed by atoms with Crippen molar-refractivity contribution in [2.75, 3.05) is 13.1 Å². The van der Waals surface area contributed by atoms with Gasteiger partial charge in [0, 0.05) is 12.6 Å². The molecule has 0 spiro atoms. The molecule has 2 nitrogen and oxygen atoms in total. The van der Waals surface area contributed by atoms with Crippen LogP contribution in [-0.2, 0) is 0 Å². The highest BCUT2D eigenvalue weighted by Gasteiger charge is 2.20. The Bertz CT molecular complexity index is 177. The van der Waals surface area contributed by atoms with E-state index in [2.05, 4.69) is 26.1 Å². The zero-order chi connectivity index (χ0) is 11.3. The fourth-order valence-electron chi connectivity index (χ4n) is 2.18. The molecule has 0 aromatic rings. The molecule has 15 heavy (non-hydrogen) atoms. The van der Waals surface area contributed by atoms with Crippen molar-refractivity contribution < 1.29 is 0 Å². The fourth-order valence-corrected chi connectivity index (χ4v) is 2.18. The highest BCUT2D eigenvalue weighted by atomic mass is 14.9. The molecule has 0 saturated heterocycles. The molecular formula is C13H28N2. The van der Waals surface area contributed by atoms with Crippen molar-refractivity contribution in [3.8, 4) is 0 Å². The van der Waals surface area contributed by atoms with E-state index in [1.807, 2.05) is 0 Å². The summed E-state index contributed by atoms with van der Waals surface area (Å²) in [4.78, 5) is 0. The van der Waals surface area contributed by atoms with Crippen LogP contribution in [0.25, 0.3) is 0 Å². The zero-order valence-corrected chi connectivity index (χ0v) is 10.7. The summed E-state index contributed by atoms with van der Waals surface area (Å²) in [6.07, 6.45) is 6.90. The summed E-state index contributed by atoms with van der Waals surface area (Å²) in [5.41, 5.74) is 5.98. The summed E-state index contributed by atoms with van der Waals surface area (Å²) in [6, 6.07) is 0.737. The number of nitrogens with two attached hydrogens (primary N) is 1.